The van der Waals surface area contributed by atoms with E-state index in [2.05, 4.69) is 48.2 Å². The lowest BCUT2D eigenvalue weighted by molar-refractivity contribution is -0.0534. The Balaban J connectivity index is 1.46. The van der Waals surface area contributed by atoms with Gasteiger partial charge in [-0.3, -0.25) is 4.90 Å². The first-order valence-electron chi connectivity index (χ1n) is 15.2. The minimum atomic E-state index is -0.919. The van der Waals surface area contributed by atoms with Crippen LogP contribution in [0.4, 0.5) is 4.79 Å². The number of hydrogen-bond donors (Lipinski definition) is 0. The molecule has 1 aliphatic heterocycles. The van der Waals surface area contributed by atoms with Gasteiger partial charge in [0.15, 0.2) is 0 Å². The van der Waals surface area contributed by atoms with Crippen LogP contribution in [0.5, 0.6) is 0 Å². The molecule has 1 fully saturated rings. The van der Waals surface area contributed by atoms with Crippen molar-refractivity contribution < 1.29 is 19.0 Å². The van der Waals surface area contributed by atoms with E-state index < -0.39 is 23.0 Å². The largest absolute Gasteiger partial charge is 0.449 e. The van der Waals surface area contributed by atoms with Crippen molar-refractivity contribution in [2.75, 3.05) is 13.2 Å². The molecule has 226 valence electrons. The molecular weight excluding hydrogens is 546 g/mol. The van der Waals surface area contributed by atoms with Gasteiger partial charge in [0.2, 0.25) is 0 Å². The Morgan fingerprint density at radius 1 is 0.795 bits per heavy atom. The Bertz CT molecular complexity index is 1450. The van der Waals surface area contributed by atoms with Crippen LogP contribution < -0.4 is 0 Å². The number of benzene rings is 4. The number of carbonyl (C=O) groups excluding carboxylic acids is 1. The Morgan fingerprint density at radius 2 is 1.27 bits per heavy atom. The van der Waals surface area contributed by atoms with Crippen molar-refractivity contribution in [2.24, 2.45) is 0 Å². The standard InChI is InChI=1S/C39H41NO4/c1-37(2)30-43-38(3,4)40(37)36(41)42-29-17-26-35(28-27-31-18-9-5-10-19-31)44-39(32-20-11-6-12-21-32,33-22-13-7-14-23-33)34-24-15-8-16-25-34/h5-16,18-25,35H,17,26,29-30H2,1-4H3/t35-/m0/s1. The average molecular weight is 588 g/mol. The summed E-state index contributed by atoms with van der Waals surface area (Å²) in [5, 5.41) is 0. The molecule has 1 saturated heterocycles. The summed E-state index contributed by atoms with van der Waals surface area (Å²) in [7, 11) is 0. The highest BCUT2D eigenvalue weighted by Crippen LogP contribution is 2.42. The van der Waals surface area contributed by atoms with Gasteiger partial charge >= 0.3 is 6.09 Å². The van der Waals surface area contributed by atoms with E-state index in [9.17, 15) is 4.79 Å². The van der Waals surface area contributed by atoms with Crippen LogP contribution >= 0.6 is 0 Å². The van der Waals surface area contributed by atoms with E-state index in [0.717, 1.165) is 22.3 Å². The zero-order valence-corrected chi connectivity index (χ0v) is 26.0. The van der Waals surface area contributed by atoms with Crippen molar-refractivity contribution in [3.8, 4) is 11.8 Å². The molecule has 5 nitrogen and oxygen atoms in total. The summed E-state index contributed by atoms with van der Waals surface area (Å²) in [5.74, 6) is 6.76. The molecule has 0 spiro atoms. The van der Waals surface area contributed by atoms with E-state index in [1.807, 2.05) is 113 Å². The van der Waals surface area contributed by atoms with Crippen molar-refractivity contribution in [3.63, 3.8) is 0 Å². The third-order valence-electron chi connectivity index (χ3n) is 7.95. The maximum Gasteiger partial charge on any atom is 0.412 e. The second kappa shape index (κ2) is 13.5. The number of carbonyl (C=O) groups is 1. The molecule has 0 aliphatic carbocycles. The molecule has 1 amide bonds. The second-order valence-electron chi connectivity index (χ2n) is 12.2. The molecule has 0 bridgehead atoms. The predicted molar refractivity (Wildman–Crippen MR) is 174 cm³/mol. The maximum atomic E-state index is 13.2. The van der Waals surface area contributed by atoms with Gasteiger partial charge < -0.3 is 14.2 Å². The van der Waals surface area contributed by atoms with Crippen LogP contribution in [0, 0.1) is 11.8 Å². The van der Waals surface area contributed by atoms with Crippen molar-refractivity contribution >= 4 is 6.09 Å². The monoisotopic (exact) mass is 587 g/mol. The van der Waals surface area contributed by atoms with Crippen molar-refractivity contribution in [1.82, 2.24) is 4.90 Å². The topological polar surface area (TPSA) is 48.0 Å². The van der Waals surface area contributed by atoms with E-state index in [-0.39, 0.29) is 12.7 Å². The van der Waals surface area contributed by atoms with Crippen LogP contribution in [-0.4, -0.2) is 41.6 Å². The highest BCUT2D eigenvalue weighted by molar-refractivity contribution is 5.70. The van der Waals surface area contributed by atoms with Gasteiger partial charge in [-0.05, 0) is 69.4 Å². The fourth-order valence-electron chi connectivity index (χ4n) is 5.95. The Morgan fingerprint density at radius 3 is 1.73 bits per heavy atom. The van der Waals surface area contributed by atoms with E-state index in [1.54, 1.807) is 4.90 Å². The van der Waals surface area contributed by atoms with Crippen molar-refractivity contribution in [1.29, 1.82) is 0 Å². The number of hydrogen-bond acceptors (Lipinski definition) is 4. The van der Waals surface area contributed by atoms with Crippen molar-refractivity contribution in [2.45, 2.75) is 63.5 Å². The molecule has 1 aliphatic rings. The molecule has 0 aromatic heterocycles. The lowest BCUT2D eigenvalue weighted by atomic mass is 9.80. The van der Waals surface area contributed by atoms with Gasteiger partial charge in [-0.25, -0.2) is 4.79 Å². The Kier molecular flexibility index (Phi) is 9.54. The predicted octanol–water partition coefficient (Wildman–Crippen LogP) is 8.18. The van der Waals surface area contributed by atoms with Crippen LogP contribution in [0.3, 0.4) is 0 Å². The highest BCUT2D eigenvalue weighted by Gasteiger charge is 2.49. The van der Waals surface area contributed by atoms with Crippen LogP contribution in [0.25, 0.3) is 0 Å². The first-order valence-corrected chi connectivity index (χ1v) is 15.2. The minimum Gasteiger partial charge on any atom is -0.449 e. The quantitative estimate of drug-likeness (QED) is 0.113. The average Bonchev–Trinajstić information content (AvgIpc) is 3.28. The molecule has 5 rings (SSSR count). The van der Waals surface area contributed by atoms with Gasteiger partial charge in [-0.15, -0.1) is 0 Å². The Hall–Kier alpha value is -4.37. The third kappa shape index (κ3) is 6.89. The second-order valence-corrected chi connectivity index (χ2v) is 12.2. The molecule has 0 N–H and O–H groups in total. The van der Waals surface area contributed by atoms with Gasteiger partial charge in [0.25, 0.3) is 0 Å². The normalized spacial score (nSPS) is 16.0. The van der Waals surface area contributed by atoms with Crippen LogP contribution in [-0.2, 0) is 19.8 Å². The van der Waals surface area contributed by atoms with E-state index in [0.29, 0.717) is 19.4 Å². The van der Waals surface area contributed by atoms with Crippen LogP contribution in [0.2, 0.25) is 0 Å². The summed E-state index contributed by atoms with van der Waals surface area (Å²) in [6, 6.07) is 40.8. The molecule has 0 saturated carbocycles. The van der Waals surface area contributed by atoms with Gasteiger partial charge in [0.1, 0.15) is 17.4 Å². The van der Waals surface area contributed by atoms with E-state index >= 15 is 0 Å². The third-order valence-corrected chi connectivity index (χ3v) is 7.95. The smallest absolute Gasteiger partial charge is 0.412 e. The zero-order chi connectivity index (χ0) is 31.0. The lowest BCUT2D eigenvalue weighted by Crippen LogP contribution is -2.52. The van der Waals surface area contributed by atoms with Crippen LogP contribution in [0.1, 0.15) is 62.8 Å². The number of rotatable bonds is 9. The number of nitrogens with zero attached hydrogens (tertiary/aromatic N) is 1. The molecule has 5 heteroatoms. The fraction of sp³-hybridized carbons (Fsp3) is 0.308. The molecular formula is C39H41NO4. The molecule has 4 aromatic carbocycles. The highest BCUT2D eigenvalue weighted by atomic mass is 16.6. The molecule has 0 radical (unpaired) electrons. The molecule has 1 atom stereocenters. The summed E-state index contributed by atoms with van der Waals surface area (Å²) in [4.78, 5) is 14.9. The van der Waals surface area contributed by atoms with Gasteiger partial charge in [-0.1, -0.05) is 121 Å². The first-order chi connectivity index (χ1) is 21.2. The summed E-state index contributed by atoms with van der Waals surface area (Å²) < 4.78 is 18.9. The molecule has 4 aromatic rings. The summed E-state index contributed by atoms with van der Waals surface area (Å²) >= 11 is 0. The lowest BCUT2D eigenvalue weighted by Gasteiger charge is -2.38. The maximum absolute atomic E-state index is 13.2. The van der Waals surface area contributed by atoms with Gasteiger partial charge in [-0.2, -0.15) is 0 Å². The van der Waals surface area contributed by atoms with Crippen molar-refractivity contribution in [3.05, 3.63) is 144 Å². The number of amides is 1. The molecule has 44 heavy (non-hydrogen) atoms. The fourth-order valence-corrected chi connectivity index (χ4v) is 5.95. The minimum absolute atomic E-state index is 0.239. The van der Waals surface area contributed by atoms with Crippen LogP contribution in [0.15, 0.2) is 121 Å². The Labute approximate surface area is 261 Å². The summed E-state index contributed by atoms with van der Waals surface area (Å²) in [5.41, 5.74) is 1.84. The molecule has 0 unspecified atom stereocenters. The van der Waals surface area contributed by atoms with E-state index in [4.69, 9.17) is 14.2 Å². The first kappa shape index (κ1) is 31.1. The van der Waals surface area contributed by atoms with Gasteiger partial charge in [0, 0.05) is 5.56 Å². The summed E-state index contributed by atoms with van der Waals surface area (Å²) in [6.45, 7) is 8.46. The van der Waals surface area contributed by atoms with Gasteiger partial charge in [0.05, 0.1) is 18.8 Å². The number of ether oxygens (including phenoxy) is 3. The zero-order valence-electron chi connectivity index (χ0n) is 26.0. The SMILES string of the molecule is CC1(C)COC(C)(C)N1C(=O)OCCC[C@@H](C#Cc1ccccc1)OC(c1ccccc1)(c1ccccc1)c1ccccc1. The van der Waals surface area contributed by atoms with E-state index in [1.165, 1.54) is 0 Å². The molecule has 1 heterocycles. The summed E-state index contributed by atoms with van der Waals surface area (Å²) in [6.07, 6.45) is 0.282.